The van der Waals surface area contributed by atoms with E-state index >= 15 is 0 Å². The van der Waals surface area contributed by atoms with Gasteiger partial charge in [0.05, 0.1) is 29.2 Å². The number of aromatic nitrogens is 5. The standard InChI is InChI=1S/C25H28N8O/c1-16-15-32(24-13-25(34)30(4)23-12-20(7-8-26)29-33(23)24)17(2)14-31(16)18(3)19-5-6-21-22(11-19)28-10-9-27-21/h5-6,9-13,16-18H,7,14-15H2,1-4H3/t16-,17+,18+/m1/s1. The molecule has 5 rings (SSSR count). The number of hydrogen-bond acceptors (Lipinski definition) is 7. The average Bonchev–Trinajstić information content (AvgIpc) is 3.26. The summed E-state index contributed by atoms with van der Waals surface area (Å²) in [4.78, 5) is 26.3. The monoisotopic (exact) mass is 456 g/mol. The largest absolute Gasteiger partial charge is 0.351 e. The molecule has 4 heterocycles. The van der Waals surface area contributed by atoms with Crippen LogP contribution in [-0.4, -0.2) is 54.2 Å². The molecule has 9 nitrogen and oxygen atoms in total. The van der Waals surface area contributed by atoms with Gasteiger partial charge in [-0.25, -0.2) is 4.52 Å². The zero-order valence-corrected chi connectivity index (χ0v) is 19.9. The van der Waals surface area contributed by atoms with Gasteiger partial charge in [-0.2, -0.15) is 10.4 Å². The van der Waals surface area contributed by atoms with E-state index in [0.29, 0.717) is 11.3 Å². The van der Waals surface area contributed by atoms with Crippen molar-refractivity contribution in [2.24, 2.45) is 7.05 Å². The predicted octanol–water partition coefficient (Wildman–Crippen LogP) is 2.70. The lowest BCUT2D eigenvalue weighted by Gasteiger charge is -2.47. The van der Waals surface area contributed by atoms with E-state index in [-0.39, 0.29) is 30.1 Å². The third-order valence-corrected chi connectivity index (χ3v) is 6.95. The van der Waals surface area contributed by atoms with Crippen LogP contribution < -0.4 is 10.5 Å². The molecule has 0 aliphatic carbocycles. The molecule has 4 aromatic rings. The van der Waals surface area contributed by atoms with E-state index in [9.17, 15) is 4.79 Å². The summed E-state index contributed by atoms with van der Waals surface area (Å²) < 4.78 is 3.38. The second-order valence-corrected chi connectivity index (χ2v) is 9.17. The number of fused-ring (bicyclic) bond motifs is 2. The van der Waals surface area contributed by atoms with Crippen molar-refractivity contribution in [1.29, 1.82) is 5.26 Å². The summed E-state index contributed by atoms with van der Waals surface area (Å²) in [6.45, 7) is 8.23. The van der Waals surface area contributed by atoms with Crippen LogP contribution in [0.25, 0.3) is 16.7 Å². The molecule has 1 aliphatic heterocycles. The van der Waals surface area contributed by atoms with E-state index in [1.807, 2.05) is 12.1 Å². The van der Waals surface area contributed by atoms with Gasteiger partial charge in [-0.3, -0.25) is 24.2 Å². The highest BCUT2D eigenvalue weighted by atomic mass is 16.1. The minimum Gasteiger partial charge on any atom is -0.351 e. The van der Waals surface area contributed by atoms with E-state index < -0.39 is 0 Å². The molecule has 3 atom stereocenters. The summed E-state index contributed by atoms with van der Waals surface area (Å²) in [5, 5.41) is 13.7. The summed E-state index contributed by atoms with van der Waals surface area (Å²) >= 11 is 0. The van der Waals surface area contributed by atoms with Crippen LogP contribution in [0.5, 0.6) is 0 Å². The first kappa shape index (κ1) is 22.0. The molecule has 34 heavy (non-hydrogen) atoms. The van der Waals surface area contributed by atoms with E-state index in [0.717, 1.165) is 29.9 Å². The molecule has 9 heteroatoms. The van der Waals surface area contributed by atoms with E-state index in [1.54, 1.807) is 34.6 Å². The van der Waals surface area contributed by atoms with Crippen molar-refractivity contribution in [3.8, 4) is 6.07 Å². The Hall–Kier alpha value is -3.77. The zero-order valence-electron chi connectivity index (χ0n) is 19.9. The Kier molecular flexibility index (Phi) is 5.54. The quantitative estimate of drug-likeness (QED) is 0.466. The van der Waals surface area contributed by atoms with Crippen LogP contribution in [0.4, 0.5) is 5.82 Å². The van der Waals surface area contributed by atoms with Crippen LogP contribution in [-0.2, 0) is 13.5 Å². The van der Waals surface area contributed by atoms with Crippen LogP contribution in [0.1, 0.15) is 38.1 Å². The number of aryl methyl sites for hydroxylation is 1. The molecule has 0 amide bonds. The normalized spacial score (nSPS) is 20.0. The Morgan fingerprint density at radius 1 is 1.09 bits per heavy atom. The van der Waals surface area contributed by atoms with Gasteiger partial charge in [0.1, 0.15) is 11.5 Å². The topological polar surface area (TPSA) is 95.3 Å². The maximum absolute atomic E-state index is 12.7. The lowest BCUT2D eigenvalue weighted by Crippen LogP contribution is -2.57. The van der Waals surface area contributed by atoms with Crippen molar-refractivity contribution in [3.05, 3.63) is 64.3 Å². The van der Waals surface area contributed by atoms with E-state index in [1.165, 1.54) is 5.56 Å². The average molecular weight is 457 g/mol. The fourth-order valence-electron chi connectivity index (χ4n) is 5.02. The van der Waals surface area contributed by atoms with Gasteiger partial charge in [-0.05, 0) is 38.5 Å². The maximum atomic E-state index is 12.7. The lowest BCUT2D eigenvalue weighted by atomic mass is 10.0. The van der Waals surface area contributed by atoms with Crippen LogP contribution >= 0.6 is 0 Å². The molecule has 3 aromatic heterocycles. The van der Waals surface area contributed by atoms with Crippen LogP contribution in [0.15, 0.2) is 47.5 Å². The highest BCUT2D eigenvalue weighted by Gasteiger charge is 2.34. The van der Waals surface area contributed by atoms with Crippen LogP contribution in [0, 0.1) is 11.3 Å². The minimum absolute atomic E-state index is 0.0844. The molecule has 0 unspecified atom stereocenters. The number of piperazine rings is 1. The van der Waals surface area contributed by atoms with Gasteiger partial charge in [0.2, 0.25) is 0 Å². The smallest absolute Gasteiger partial charge is 0.255 e. The Bertz CT molecular complexity index is 1470. The number of benzene rings is 1. The first-order chi connectivity index (χ1) is 16.4. The minimum atomic E-state index is -0.0844. The zero-order chi connectivity index (χ0) is 24.0. The molecule has 0 saturated carbocycles. The van der Waals surface area contributed by atoms with Crippen molar-refractivity contribution in [3.63, 3.8) is 0 Å². The molecule has 1 aromatic carbocycles. The summed E-state index contributed by atoms with van der Waals surface area (Å²) in [5.41, 5.74) is 4.29. The van der Waals surface area contributed by atoms with Crippen molar-refractivity contribution >= 4 is 22.5 Å². The van der Waals surface area contributed by atoms with Gasteiger partial charge in [0.25, 0.3) is 5.56 Å². The van der Waals surface area contributed by atoms with Crippen molar-refractivity contribution in [2.75, 3.05) is 18.0 Å². The molecule has 0 bridgehead atoms. The first-order valence-electron chi connectivity index (χ1n) is 11.6. The molecule has 1 aliphatic rings. The van der Waals surface area contributed by atoms with Crippen molar-refractivity contribution in [2.45, 2.75) is 45.3 Å². The fraction of sp³-hybridized carbons (Fsp3) is 0.400. The molecule has 1 saturated heterocycles. The van der Waals surface area contributed by atoms with Gasteiger partial charge >= 0.3 is 0 Å². The van der Waals surface area contributed by atoms with Crippen molar-refractivity contribution in [1.82, 2.24) is 29.0 Å². The first-order valence-corrected chi connectivity index (χ1v) is 11.6. The third-order valence-electron chi connectivity index (χ3n) is 6.95. The fourth-order valence-corrected chi connectivity index (χ4v) is 5.02. The van der Waals surface area contributed by atoms with Gasteiger partial charge in [0, 0.05) is 62.8 Å². The molecule has 0 N–H and O–H groups in total. The second kappa shape index (κ2) is 8.54. The second-order valence-electron chi connectivity index (χ2n) is 9.17. The van der Waals surface area contributed by atoms with E-state index in [2.05, 4.69) is 63.8 Å². The van der Waals surface area contributed by atoms with Gasteiger partial charge in [-0.15, -0.1) is 0 Å². The molecule has 0 spiro atoms. The molecular weight excluding hydrogens is 428 g/mol. The molecule has 0 radical (unpaired) electrons. The van der Waals surface area contributed by atoms with Gasteiger partial charge in [0.15, 0.2) is 0 Å². The summed E-state index contributed by atoms with van der Waals surface area (Å²) in [6.07, 6.45) is 3.65. The number of nitrogens with zero attached hydrogens (tertiary/aromatic N) is 8. The predicted molar refractivity (Wildman–Crippen MR) is 131 cm³/mol. The summed E-state index contributed by atoms with van der Waals surface area (Å²) in [5.74, 6) is 0.773. The molecular formula is C25H28N8O. The maximum Gasteiger partial charge on any atom is 0.255 e. The van der Waals surface area contributed by atoms with Crippen LogP contribution in [0.2, 0.25) is 0 Å². The number of anilines is 1. The van der Waals surface area contributed by atoms with E-state index in [4.69, 9.17) is 5.26 Å². The third kappa shape index (κ3) is 3.70. The number of rotatable bonds is 4. The van der Waals surface area contributed by atoms with Gasteiger partial charge in [-0.1, -0.05) is 6.07 Å². The SMILES string of the molecule is C[C@@H]1CN(c2cc(=O)n(C)c3cc(CC#N)nn23)[C@@H](C)CN1[C@@H](C)c1ccc2nccnc2c1. The number of hydrogen-bond donors (Lipinski definition) is 0. The Morgan fingerprint density at radius 2 is 1.85 bits per heavy atom. The van der Waals surface area contributed by atoms with Crippen LogP contribution in [0.3, 0.4) is 0 Å². The highest BCUT2D eigenvalue weighted by Crippen LogP contribution is 2.30. The Morgan fingerprint density at radius 3 is 2.62 bits per heavy atom. The Balaban J connectivity index is 1.45. The lowest BCUT2D eigenvalue weighted by molar-refractivity contribution is 0.119. The van der Waals surface area contributed by atoms with Crippen molar-refractivity contribution < 1.29 is 0 Å². The molecule has 174 valence electrons. The Labute approximate surface area is 197 Å². The number of nitriles is 1. The van der Waals surface area contributed by atoms with Gasteiger partial charge < -0.3 is 4.90 Å². The highest BCUT2D eigenvalue weighted by molar-refractivity contribution is 5.74. The summed E-state index contributed by atoms with van der Waals surface area (Å²) in [6, 6.07) is 12.5. The molecule has 1 fully saturated rings. The summed E-state index contributed by atoms with van der Waals surface area (Å²) in [7, 11) is 1.74.